The quantitative estimate of drug-likeness (QED) is 0.614. The smallest absolute Gasteiger partial charge is 0.276 e. The van der Waals surface area contributed by atoms with Crippen LogP contribution < -0.4 is 0 Å². The molecule has 1 aliphatic heterocycles. The van der Waals surface area contributed by atoms with E-state index in [1.807, 2.05) is 0 Å². The summed E-state index contributed by atoms with van der Waals surface area (Å²) < 4.78 is 42.6. The molecule has 0 saturated heterocycles. The van der Waals surface area contributed by atoms with Gasteiger partial charge in [-0.15, -0.1) is 21.5 Å². The van der Waals surface area contributed by atoms with Crippen molar-refractivity contribution in [2.45, 2.75) is 19.6 Å². The third-order valence-electron chi connectivity index (χ3n) is 3.90. The van der Waals surface area contributed by atoms with E-state index in [1.54, 1.807) is 23.6 Å². The highest BCUT2D eigenvalue weighted by Gasteiger charge is 2.35. The number of hydrogen-bond donors (Lipinski definition) is 0. The van der Waals surface area contributed by atoms with Crippen LogP contribution in [0.5, 0.6) is 0 Å². The van der Waals surface area contributed by atoms with Crippen LogP contribution >= 0.6 is 22.9 Å². The summed E-state index contributed by atoms with van der Waals surface area (Å²) in [6, 6.07) is 7.06. The van der Waals surface area contributed by atoms with E-state index < -0.39 is 11.7 Å². The average Bonchev–Trinajstić information content (AvgIpc) is 3.06. The Morgan fingerprint density at radius 3 is 2.68 bits per heavy atom. The molecule has 1 aliphatic rings. The second kappa shape index (κ2) is 5.67. The van der Waals surface area contributed by atoms with Crippen molar-refractivity contribution in [3.8, 4) is 5.00 Å². The van der Waals surface area contributed by atoms with Crippen LogP contribution in [0.25, 0.3) is 5.00 Å². The van der Waals surface area contributed by atoms with Crippen molar-refractivity contribution in [2.75, 3.05) is 0 Å². The molecule has 0 unspecified atom stereocenters. The molecule has 4 nitrogen and oxygen atoms in total. The number of thiophene rings is 1. The van der Waals surface area contributed by atoms with Crippen molar-refractivity contribution in [1.29, 1.82) is 0 Å². The molecule has 4 rings (SSSR count). The zero-order chi connectivity index (χ0) is 17.8. The van der Waals surface area contributed by atoms with Crippen molar-refractivity contribution in [1.82, 2.24) is 14.8 Å². The van der Waals surface area contributed by atoms with Crippen LogP contribution in [0.4, 0.5) is 13.2 Å². The molecule has 128 valence electrons. The number of fused-ring (bicyclic) bond motifs is 3. The predicted octanol–water partition coefficient (Wildman–Crippen LogP) is 4.66. The molecule has 0 N–H and O–H groups in total. The zero-order valence-electron chi connectivity index (χ0n) is 12.8. The first-order valence-electron chi connectivity index (χ1n) is 7.28. The minimum Gasteiger partial charge on any atom is -0.276 e. The number of aromatic nitrogens is 3. The van der Waals surface area contributed by atoms with Crippen LogP contribution in [-0.2, 0) is 12.7 Å². The fourth-order valence-electron chi connectivity index (χ4n) is 2.86. The van der Waals surface area contributed by atoms with Gasteiger partial charge in [0.1, 0.15) is 17.4 Å². The van der Waals surface area contributed by atoms with E-state index in [1.165, 1.54) is 23.5 Å². The Morgan fingerprint density at radius 1 is 1.16 bits per heavy atom. The second-order valence-corrected chi connectivity index (χ2v) is 7.14. The first-order chi connectivity index (χ1) is 11.9. The van der Waals surface area contributed by atoms with Crippen LogP contribution in [0.3, 0.4) is 0 Å². The number of rotatable bonds is 1. The maximum atomic E-state index is 13.4. The van der Waals surface area contributed by atoms with Gasteiger partial charge in [-0.2, -0.15) is 13.2 Å². The van der Waals surface area contributed by atoms with E-state index in [0.717, 1.165) is 6.07 Å². The van der Waals surface area contributed by atoms with E-state index in [4.69, 9.17) is 11.6 Å². The molecule has 0 amide bonds. The molecule has 2 aromatic heterocycles. The Labute approximate surface area is 149 Å². The lowest BCUT2D eigenvalue weighted by atomic mass is 9.98. The van der Waals surface area contributed by atoms with Gasteiger partial charge in [-0.3, -0.25) is 9.56 Å². The minimum atomic E-state index is -4.48. The summed E-state index contributed by atoms with van der Waals surface area (Å²) in [5, 5.41) is 8.78. The summed E-state index contributed by atoms with van der Waals surface area (Å²) in [6.07, 6.45) is -4.48. The summed E-state index contributed by atoms with van der Waals surface area (Å²) >= 11 is 7.42. The fraction of sp³-hybridized carbons (Fsp3) is 0.188. The lowest BCUT2D eigenvalue weighted by Crippen LogP contribution is -2.14. The molecule has 0 spiro atoms. The number of aryl methyl sites for hydroxylation is 1. The molecule has 0 fully saturated rings. The summed E-state index contributed by atoms with van der Waals surface area (Å²) in [6.45, 7) is 1.92. The van der Waals surface area contributed by atoms with Gasteiger partial charge in [0, 0.05) is 11.1 Å². The van der Waals surface area contributed by atoms with Gasteiger partial charge in [-0.05, 0) is 19.1 Å². The molecule has 25 heavy (non-hydrogen) atoms. The van der Waals surface area contributed by atoms with E-state index in [0.29, 0.717) is 26.5 Å². The lowest BCUT2D eigenvalue weighted by Gasteiger charge is -2.14. The van der Waals surface area contributed by atoms with E-state index in [2.05, 4.69) is 15.2 Å². The molecule has 9 heteroatoms. The standard InChI is InChI=1S/C16H10ClF3N4S/c1-8-22-23-13-7-21-14(10-6-12(17)25-15(10)24(8)13)9-4-2-3-5-11(9)16(18,19)20/h2-6H,7H2,1H3. The molecule has 0 radical (unpaired) electrons. The normalized spacial score (nSPS) is 13.9. The molecule has 0 saturated carbocycles. The van der Waals surface area contributed by atoms with Gasteiger partial charge in [0.05, 0.1) is 15.6 Å². The molecule has 0 atom stereocenters. The molecular weight excluding hydrogens is 373 g/mol. The van der Waals surface area contributed by atoms with Crippen LogP contribution in [0.15, 0.2) is 35.3 Å². The van der Waals surface area contributed by atoms with E-state index in [9.17, 15) is 13.2 Å². The summed E-state index contributed by atoms with van der Waals surface area (Å²) in [7, 11) is 0. The summed E-state index contributed by atoms with van der Waals surface area (Å²) in [5.74, 6) is 1.20. The molecular formula is C16H10ClF3N4S. The Balaban J connectivity index is 1.98. The van der Waals surface area contributed by atoms with Gasteiger partial charge in [0.2, 0.25) is 0 Å². The zero-order valence-corrected chi connectivity index (χ0v) is 14.4. The largest absolute Gasteiger partial charge is 0.417 e. The molecule has 1 aromatic carbocycles. The highest BCUT2D eigenvalue weighted by atomic mass is 35.5. The van der Waals surface area contributed by atoms with Crippen molar-refractivity contribution >= 4 is 28.6 Å². The topological polar surface area (TPSA) is 43.1 Å². The SMILES string of the molecule is Cc1nnc2n1-c1sc(Cl)cc1C(c1ccccc1C(F)(F)F)=NC2. The highest BCUT2D eigenvalue weighted by Crippen LogP contribution is 2.38. The maximum absolute atomic E-state index is 13.4. The van der Waals surface area contributed by atoms with Gasteiger partial charge in [0.25, 0.3) is 0 Å². The number of halogens is 4. The summed E-state index contributed by atoms with van der Waals surface area (Å²) in [5.41, 5.74) is 0.114. The van der Waals surface area contributed by atoms with Gasteiger partial charge < -0.3 is 0 Å². The molecule has 3 aromatic rings. The fourth-order valence-corrected chi connectivity index (χ4v) is 4.15. The number of aliphatic imine (C=N–C) groups is 1. The maximum Gasteiger partial charge on any atom is 0.417 e. The number of benzene rings is 1. The molecule has 3 heterocycles. The summed E-state index contributed by atoms with van der Waals surface area (Å²) in [4.78, 5) is 4.42. The van der Waals surface area contributed by atoms with Crippen LogP contribution in [0.2, 0.25) is 4.34 Å². The number of hydrogen-bond acceptors (Lipinski definition) is 4. The highest BCUT2D eigenvalue weighted by molar-refractivity contribution is 7.19. The van der Waals surface area contributed by atoms with Gasteiger partial charge >= 0.3 is 6.18 Å². The van der Waals surface area contributed by atoms with Crippen molar-refractivity contribution < 1.29 is 13.2 Å². The monoisotopic (exact) mass is 382 g/mol. The average molecular weight is 383 g/mol. The Kier molecular flexibility index (Phi) is 3.69. The van der Waals surface area contributed by atoms with Crippen molar-refractivity contribution in [2.24, 2.45) is 4.99 Å². The van der Waals surface area contributed by atoms with Crippen LogP contribution in [-0.4, -0.2) is 20.5 Å². The van der Waals surface area contributed by atoms with Crippen LogP contribution in [0.1, 0.15) is 28.3 Å². The van der Waals surface area contributed by atoms with E-state index >= 15 is 0 Å². The third-order valence-corrected chi connectivity index (χ3v) is 5.15. The first-order valence-corrected chi connectivity index (χ1v) is 8.47. The predicted molar refractivity (Wildman–Crippen MR) is 89.8 cm³/mol. The number of nitrogens with zero attached hydrogens (tertiary/aromatic N) is 4. The Hall–Kier alpha value is -2.19. The van der Waals surface area contributed by atoms with Crippen molar-refractivity contribution in [3.05, 3.63) is 63.0 Å². The lowest BCUT2D eigenvalue weighted by molar-refractivity contribution is -0.137. The Morgan fingerprint density at radius 2 is 1.92 bits per heavy atom. The van der Waals surface area contributed by atoms with Crippen molar-refractivity contribution in [3.63, 3.8) is 0 Å². The number of alkyl halides is 3. The first kappa shape index (κ1) is 16.3. The second-order valence-electron chi connectivity index (χ2n) is 5.48. The molecule has 0 bridgehead atoms. The van der Waals surface area contributed by atoms with E-state index in [-0.39, 0.29) is 17.8 Å². The van der Waals surface area contributed by atoms with Crippen LogP contribution in [0, 0.1) is 6.92 Å². The molecule has 0 aliphatic carbocycles. The minimum absolute atomic E-state index is 0.0297. The van der Waals surface area contributed by atoms with Gasteiger partial charge in [-0.1, -0.05) is 29.8 Å². The van der Waals surface area contributed by atoms with Gasteiger partial charge in [0.15, 0.2) is 5.82 Å². The van der Waals surface area contributed by atoms with Gasteiger partial charge in [-0.25, -0.2) is 0 Å². The Bertz CT molecular complexity index is 1000. The third kappa shape index (κ3) is 2.65.